The van der Waals surface area contributed by atoms with E-state index in [2.05, 4.69) is 9.97 Å². The van der Waals surface area contributed by atoms with Crippen molar-refractivity contribution in [3.05, 3.63) is 18.0 Å². The quantitative estimate of drug-likeness (QED) is 0.535. The number of methoxy groups -OCH3 is 1. The van der Waals surface area contributed by atoms with E-state index < -0.39 is 0 Å². The monoisotopic (exact) mass is 298 g/mol. The first-order chi connectivity index (χ1) is 9.58. The first-order valence-corrected chi connectivity index (χ1v) is 6.51. The fraction of sp³-hybridized carbons (Fsp3) is 0.500. The minimum atomic E-state index is -0.354. The van der Waals surface area contributed by atoms with E-state index >= 15 is 0 Å². The second-order valence-electron chi connectivity index (χ2n) is 3.83. The minimum Gasteiger partial charge on any atom is -0.465 e. The molecule has 0 radical (unpaired) electrons. The molecule has 0 aliphatic rings. The Hall–Kier alpha value is -1.80. The summed E-state index contributed by atoms with van der Waals surface area (Å²) in [6.45, 7) is 3.00. The lowest BCUT2D eigenvalue weighted by molar-refractivity contribution is -0.141. The molecule has 2 N–H and O–H groups in total. The molecule has 1 heterocycles. The van der Waals surface area contributed by atoms with Crippen LogP contribution in [0.5, 0.6) is 0 Å². The van der Waals surface area contributed by atoms with Crippen molar-refractivity contribution in [2.24, 2.45) is 5.73 Å². The standard InChI is InChI=1S/C12H18N4O3S/c1-3-19-10(17)8-16(6-7-18-2)12-14-5-4-9(15-12)11(13)20/h4-5H,3,6-8H2,1-2H3,(H2,13,20). The van der Waals surface area contributed by atoms with Crippen LogP contribution in [0, 0.1) is 0 Å². The van der Waals surface area contributed by atoms with E-state index in [1.165, 1.54) is 0 Å². The van der Waals surface area contributed by atoms with Crippen LogP contribution in [0.15, 0.2) is 12.3 Å². The van der Waals surface area contributed by atoms with Gasteiger partial charge in [0.25, 0.3) is 0 Å². The molecule has 0 amide bonds. The van der Waals surface area contributed by atoms with Crippen molar-refractivity contribution in [2.75, 3.05) is 38.3 Å². The summed E-state index contributed by atoms with van der Waals surface area (Å²) in [4.78, 5) is 21.8. The van der Waals surface area contributed by atoms with Gasteiger partial charge < -0.3 is 20.1 Å². The highest BCUT2D eigenvalue weighted by atomic mass is 32.1. The molecule has 0 bridgehead atoms. The number of anilines is 1. The van der Waals surface area contributed by atoms with Crippen molar-refractivity contribution in [1.82, 2.24) is 9.97 Å². The van der Waals surface area contributed by atoms with Crippen molar-refractivity contribution >= 4 is 29.1 Å². The zero-order valence-corrected chi connectivity index (χ0v) is 12.4. The van der Waals surface area contributed by atoms with Gasteiger partial charge in [0, 0.05) is 19.9 Å². The molecule has 0 saturated heterocycles. The normalized spacial score (nSPS) is 10.1. The molecular formula is C12H18N4O3S. The Morgan fingerprint density at radius 2 is 2.30 bits per heavy atom. The lowest BCUT2D eigenvalue weighted by atomic mass is 10.4. The topological polar surface area (TPSA) is 90.6 Å². The van der Waals surface area contributed by atoms with Crippen LogP contribution in [0.1, 0.15) is 12.6 Å². The molecule has 8 heteroatoms. The molecule has 7 nitrogen and oxygen atoms in total. The molecule has 0 saturated carbocycles. The third kappa shape index (κ3) is 5.06. The van der Waals surface area contributed by atoms with E-state index in [0.717, 1.165) is 0 Å². The first-order valence-electron chi connectivity index (χ1n) is 6.10. The summed E-state index contributed by atoms with van der Waals surface area (Å²) < 4.78 is 9.94. The number of ether oxygens (including phenoxy) is 2. The number of rotatable bonds is 8. The number of hydrogen-bond acceptors (Lipinski definition) is 7. The van der Waals surface area contributed by atoms with Gasteiger partial charge in [-0.05, 0) is 13.0 Å². The van der Waals surface area contributed by atoms with E-state index in [-0.39, 0.29) is 17.5 Å². The number of hydrogen-bond donors (Lipinski definition) is 1. The predicted octanol–water partition coefficient (Wildman–Crippen LogP) is 0.127. The van der Waals surface area contributed by atoms with Crippen LogP contribution in [0.25, 0.3) is 0 Å². The van der Waals surface area contributed by atoms with Crippen molar-refractivity contribution in [1.29, 1.82) is 0 Å². The zero-order chi connectivity index (χ0) is 15.0. The SMILES string of the molecule is CCOC(=O)CN(CCOC)c1nccc(C(N)=S)n1. The largest absolute Gasteiger partial charge is 0.465 e. The highest BCUT2D eigenvalue weighted by molar-refractivity contribution is 7.80. The molecule has 20 heavy (non-hydrogen) atoms. The third-order valence-corrected chi connectivity index (χ3v) is 2.58. The average molecular weight is 298 g/mol. The van der Waals surface area contributed by atoms with Gasteiger partial charge in [-0.3, -0.25) is 4.79 Å². The van der Waals surface area contributed by atoms with Gasteiger partial charge in [-0.1, -0.05) is 12.2 Å². The van der Waals surface area contributed by atoms with E-state index in [4.69, 9.17) is 27.4 Å². The number of aromatic nitrogens is 2. The summed E-state index contributed by atoms with van der Waals surface area (Å²) in [6, 6.07) is 1.62. The molecule has 1 aromatic rings. The molecule has 0 aliphatic carbocycles. The van der Waals surface area contributed by atoms with E-state index in [1.807, 2.05) is 0 Å². The Balaban J connectivity index is 2.88. The Bertz CT molecular complexity index is 470. The number of carbonyl (C=O) groups is 1. The van der Waals surface area contributed by atoms with Crippen molar-refractivity contribution in [2.45, 2.75) is 6.92 Å². The average Bonchev–Trinajstić information content (AvgIpc) is 2.43. The molecule has 0 aromatic carbocycles. The molecule has 0 spiro atoms. The van der Waals surface area contributed by atoms with Crippen molar-refractivity contribution in [3.8, 4) is 0 Å². The molecule has 1 rings (SSSR count). The molecule has 110 valence electrons. The minimum absolute atomic E-state index is 0.0397. The van der Waals surface area contributed by atoms with Gasteiger partial charge in [0.2, 0.25) is 5.95 Å². The first kappa shape index (κ1) is 16.3. The highest BCUT2D eigenvalue weighted by Crippen LogP contribution is 2.08. The maximum absolute atomic E-state index is 11.6. The Kier molecular flexibility index (Phi) is 6.82. The van der Waals surface area contributed by atoms with Crippen LogP contribution in [0.4, 0.5) is 5.95 Å². The maximum Gasteiger partial charge on any atom is 0.325 e. The summed E-state index contributed by atoms with van der Waals surface area (Å²) in [5.74, 6) is 0.00772. The summed E-state index contributed by atoms with van der Waals surface area (Å²) >= 11 is 4.88. The smallest absolute Gasteiger partial charge is 0.325 e. The Labute approximate surface area is 123 Å². The predicted molar refractivity (Wildman–Crippen MR) is 78.6 cm³/mol. The number of nitrogens with zero attached hydrogens (tertiary/aromatic N) is 3. The third-order valence-electron chi connectivity index (χ3n) is 2.37. The van der Waals surface area contributed by atoms with Crippen molar-refractivity contribution in [3.63, 3.8) is 0 Å². The van der Waals surface area contributed by atoms with Gasteiger partial charge >= 0.3 is 5.97 Å². The fourth-order valence-corrected chi connectivity index (χ4v) is 1.57. The lowest BCUT2D eigenvalue weighted by Gasteiger charge is -2.21. The lowest BCUT2D eigenvalue weighted by Crippen LogP contribution is -2.35. The zero-order valence-electron chi connectivity index (χ0n) is 11.5. The van der Waals surface area contributed by atoms with E-state index in [1.54, 1.807) is 31.2 Å². The number of thiocarbonyl (C=S) groups is 1. The molecule has 0 aliphatic heterocycles. The molecule has 0 fully saturated rings. The van der Waals surface area contributed by atoms with Crippen LogP contribution in [0.2, 0.25) is 0 Å². The summed E-state index contributed by atoms with van der Waals surface area (Å²) in [5, 5.41) is 0. The number of esters is 1. The van der Waals surface area contributed by atoms with Gasteiger partial charge in [0.1, 0.15) is 17.2 Å². The van der Waals surface area contributed by atoms with Crippen LogP contribution in [0.3, 0.4) is 0 Å². The Morgan fingerprint density at radius 3 is 2.90 bits per heavy atom. The van der Waals surface area contributed by atoms with Gasteiger partial charge in [-0.2, -0.15) is 0 Å². The van der Waals surface area contributed by atoms with E-state index in [0.29, 0.717) is 31.4 Å². The summed E-state index contributed by atoms with van der Waals surface area (Å²) in [5.41, 5.74) is 5.99. The maximum atomic E-state index is 11.6. The molecule has 0 atom stereocenters. The summed E-state index contributed by atoms with van der Waals surface area (Å²) in [6.07, 6.45) is 1.54. The van der Waals surface area contributed by atoms with Crippen molar-refractivity contribution < 1.29 is 14.3 Å². The van der Waals surface area contributed by atoms with Gasteiger partial charge in [-0.15, -0.1) is 0 Å². The number of nitrogens with two attached hydrogens (primary N) is 1. The van der Waals surface area contributed by atoms with E-state index in [9.17, 15) is 4.79 Å². The van der Waals surface area contributed by atoms with Gasteiger partial charge in [0.15, 0.2) is 0 Å². The van der Waals surface area contributed by atoms with Crippen LogP contribution >= 0.6 is 12.2 Å². The highest BCUT2D eigenvalue weighted by Gasteiger charge is 2.15. The van der Waals surface area contributed by atoms with Gasteiger partial charge in [0.05, 0.1) is 13.2 Å². The fourth-order valence-electron chi connectivity index (χ4n) is 1.45. The van der Waals surface area contributed by atoms with Crippen LogP contribution < -0.4 is 10.6 Å². The molecule has 0 unspecified atom stereocenters. The second-order valence-corrected chi connectivity index (χ2v) is 4.27. The van der Waals surface area contributed by atoms with Crippen LogP contribution in [-0.4, -0.2) is 54.3 Å². The summed E-state index contributed by atoms with van der Waals surface area (Å²) in [7, 11) is 1.58. The van der Waals surface area contributed by atoms with Crippen LogP contribution in [-0.2, 0) is 14.3 Å². The number of carbonyl (C=O) groups excluding carboxylic acids is 1. The Morgan fingerprint density at radius 1 is 1.55 bits per heavy atom. The second kappa shape index (κ2) is 8.39. The van der Waals surface area contributed by atoms with Gasteiger partial charge in [-0.25, -0.2) is 9.97 Å². The molecular weight excluding hydrogens is 280 g/mol. The molecule has 1 aromatic heterocycles.